The van der Waals surface area contributed by atoms with E-state index in [1.807, 2.05) is 6.92 Å². The van der Waals surface area contributed by atoms with Gasteiger partial charge in [-0.05, 0) is 25.8 Å². The summed E-state index contributed by atoms with van der Waals surface area (Å²) in [6.07, 6.45) is 1.05. The predicted octanol–water partition coefficient (Wildman–Crippen LogP) is 3.06. The summed E-state index contributed by atoms with van der Waals surface area (Å²) >= 11 is 0. The third-order valence-corrected chi connectivity index (χ3v) is 5.15. The van der Waals surface area contributed by atoms with Crippen molar-refractivity contribution < 1.29 is 0 Å². The summed E-state index contributed by atoms with van der Waals surface area (Å²) in [5, 5.41) is 8.60. The van der Waals surface area contributed by atoms with Crippen LogP contribution in [0.4, 0.5) is 0 Å². The molecule has 24 heavy (non-hydrogen) atoms. The highest BCUT2D eigenvalue weighted by molar-refractivity contribution is 6.69. The zero-order chi connectivity index (χ0) is 16.8. The Morgan fingerprint density at radius 1 is 1.08 bits per heavy atom. The Labute approximate surface area is 143 Å². The minimum absolute atomic E-state index is 0.574. The average molecular weight is 316 g/mol. The van der Waals surface area contributed by atoms with Crippen molar-refractivity contribution in [1.29, 1.82) is 0 Å². The molecule has 1 aromatic heterocycles. The lowest BCUT2D eigenvalue weighted by Gasteiger charge is -2.13. The fourth-order valence-corrected chi connectivity index (χ4v) is 3.63. The van der Waals surface area contributed by atoms with Crippen molar-refractivity contribution >= 4 is 18.6 Å². The van der Waals surface area contributed by atoms with Crippen LogP contribution in [0.3, 0.4) is 0 Å². The minimum Gasteiger partial charge on any atom is -0.294 e. The standard InChI is InChI=1S/C19H21BN4/c1-5-14-6-8-15(9-7-14)18-17-11(2)12(3)20-19(17)24-13(4)22-23-16(24)10-21-18/h6-9,20H,5,10H2,1-4H3. The lowest BCUT2D eigenvalue weighted by atomic mass is 9.69. The first-order chi connectivity index (χ1) is 11.6. The molecule has 0 atom stereocenters. The lowest BCUT2D eigenvalue weighted by Crippen LogP contribution is -2.11. The molecule has 5 heteroatoms. The van der Waals surface area contributed by atoms with E-state index in [0.717, 1.165) is 31.1 Å². The van der Waals surface area contributed by atoms with E-state index >= 15 is 0 Å². The Morgan fingerprint density at radius 3 is 2.54 bits per heavy atom. The summed E-state index contributed by atoms with van der Waals surface area (Å²) in [4.78, 5) is 4.93. The SMILES string of the molecule is CCc1ccc(C2=NCc3nnc(C)n3C3=C2C(C)=C(C)B3)cc1. The van der Waals surface area contributed by atoms with Crippen molar-refractivity contribution in [2.24, 2.45) is 4.99 Å². The molecule has 0 saturated heterocycles. The van der Waals surface area contributed by atoms with E-state index in [-0.39, 0.29) is 0 Å². The molecule has 0 bridgehead atoms. The second kappa shape index (κ2) is 5.58. The number of aryl methyl sites for hydroxylation is 2. The zero-order valence-electron chi connectivity index (χ0n) is 14.7. The Morgan fingerprint density at radius 2 is 1.83 bits per heavy atom. The van der Waals surface area contributed by atoms with Crippen LogP contribution >= 0.6 is 0 Å². The van der Waals surface area contributed by atoms with Crippen LogP contribution in [0.2, 0.25) is 0 Å². The van der Waals surface area contributed by atoms with Crippen molar-refractivity contribution in [2.45, 2.75) is 40.7 Å². The van der Waals surface area contributed by atoms with Crippen LogP contribution in [-0.4, -0.2) is 27.8 Å². The fourth-order valence-electron chi connectivity index (χ4n) is 3.63. The van der Waals surface area contributed by atoms with E-state index in [2.05, 4.69) is 59.8 Å². The van der Waals surface area contributed by atoms with Crippen LogP contribution in [0.5, 0.6) is 0 Å². The van der Waals surface area contributed by atoms with E-state index in [9.17, 15) is 0 Å². The number of hydrogen-bond donors (Lipinski definition) is 0. The van der Waals surface area contributed by atoms with Crippen molar-refractivity contribution in [3.05, 3.63) is 63.7 Å². The Bertz CT molecular complexity index is 913. The molecule has 2 aliphatic heterocycles. The topological polar surface area (TPSA) is 43.1 Å². The fraction of sp³-hybridized carbons (Fsp3) is 0.316. The maximum Gasteiger partial charge on any atom is 0.209 e. The van der Waals surface area contributed by atoms with Gasteiger partial charge in [0.15, 0.2) is 5.82 Å². The van der Waals surface area contributed by atoms with Gasteiger partial charge < -0.3 is 0 Å². The molecule has 0 N–H and O–H groups in total. The number of aromatic nitrogens is 3. The molecule has 0 saturated carbocycles. The molecule has 1 aromatic carbocycles. The lowest BCUT2D eigenvalue weighted by molar-refractivity contribution is 0.879. The second-order valence-corrected chi connectivity index (χ2v) is 6.62. The predicted molar refractivity (Wildman–Crippen MR) is 99.6 cm³/mol. The highest BCUT2D eigenvalue weighted by atomic mass is 15.3. The Balaban J connectivity index is 1.91. The van der Waals surface area contributed by atoms with Gasteiger partial charge in [0.2, 0.25) is 7.28 Å². The van der Waals surface area contributed by atoms with Gasteiger partial charge >= 0.3 is 0 Å². The maximum atomic E-state index is 4.93. The van der Waals surface area contributed by atoms with E-state index in [1.54, 1.807) is 0 Å². The third kappa shape index (κ3) is 2.19. The summed E-state index contributed by atoms with van der Waals surface area (Å²) in [5.41, 5.74) is 8.90. The molecule has 2 aromatic rings. The highest BCUT2D eigenvalue weighted by Crippen LogP contribution is 2.35. The van der Waals surface area contributed by atoms with E-state index in [4.69, 9.17) is 4.99 Å². The van der Waals surface area contributed by atoms with Crippen molar-refractivity contribution in [2.75, 3.05) is 0 Å². The van der Waals surface area contributed by atoms with Crippen LogP contribution in [0.1, 0.15) is 43.5 Å². The molecule has 0 aliphatic carbocycles. The van der Waals surface area contributed by atoms with Gasteiger partial charge in [-0.3, -0.25) is 9.56 Å². The molecule has 4 nitrogen and oxygen atoms in total. The normalized spacial score (nSPS) is 16.6. The molecule has 0 amide bonds. The van der Waals surface area contributed by atoms with Crippen LogP contribution in [0, 0.1) is 6.92 Å². The number of hydrogen-bond acceptors (Lipinski definition) is 3. The van der Waals surface area contributed by atoms with Gasteiger partial charge in [0.1, 0.15) is 12.4 Å². The van der Waals surface area contributed by atoms with E-state index in [0.29, 0.717) is 6.54 Å². The first kappa shape index (κ1) is 15.1. The number of fused-ring (bicyclic) bond motifs is 2. The van der Waals surface area contributed by atoms with Gasteiger partial charge in [0.05, 0.1) is 5.71 Å². The Kier molecular flexibility index (Phi) is 3.52. The summed E-state index contributed by atoms with van der Waals surface area (Å²) in [6, 6.07) is 8.80. The number of aliphatic imine (C=N–C) groups is 1. The van der Waals surface area contributed by atoms with Gasteiger partial charge in [-0.1, -0.05) is 49.2 Å². The second-order valence-electron chi connectivity index (χ2n) is 6.62. The molecule has 4 rings (SSSR count). The summed E-state index contributed by atoms with van der Waals surface area (Å²) in [5.74, 6) is 1.88. The van der Waals surface area contributed by atoms with Crippen LogP contribution in [-0.2, 0) is 13.0 Å². The molecule has 0 unspecified atom stereocenters. The van der Waals surface area contributed by atoms with Gasteiger partial charge in [0.25, 0.3) is 0 Å². The summed E-state index contributed by atoms with van der Waals surface area (Å²) < 4.78 is 2.20. The van der Waals surface area contributed by atoms with Crippen LogP contribution < -0.4 is 0 Å². The third-order valence-electron chi connectivity index (χ3n) is 5.15. The molecule has 2 aliphatic rings. The minimum atomic E-state index is 0.574. The quantitative estimate of drug-likeness (QED) is 0.799. The molecule has 0 spiro atoms. The van der Waals surface area contributed by atoms with Crippen molar-refractivity contribution in [3.63, 3.8) is 0 Å². The zero-order valence-corrected chi connectivity index (χ0v) is 14.7. The smallest absolute Gasteiger partial charge is 0.209 e. The monoisotopic (exact) mass is 316 g/mol. The molecular formula is C19H21BN4. The number of rotatable bonds is 2. The largest absolute Gasteiger partial charge is 0.294 e. The van der Waals surface area contributed by atoms with E-state index < -0.39 is 0 Å². The van der Waals surface area contributed by atoms with Gasteiger partial charge in [-0.25, -0.2) is 0 Å². The maximum absolute atomic E-state index is 4.93. The molecule has 120 valence electrons. The number of benzene rings is 1. The van der Waals surface area contributed by atoms with Crippen LogP contribution in [0.15, 0.2) is 45.9 Å². The van der Waals surface area contributed by atoms with E-state index in [1.165, 1.54) is 33.3 Å². The molecule has 3 heterocycles. The first-order valence-electron chi connectivity index (χ1n) is 8.55. The van der Waals surface area contributed by atoms with Crippen LogP contribution in [0.25, 0.3) is 5.60 Å². The van der Waals surface area contributed by atoms with Gasteiger partial charge in [0, 0.05) is 16.7 Å². The molecule has 0 fully saturated rings. The highest BCUT2D eigenvalue weighted by Gasteiger charge is 2.30. The van der Waals surface area contributed by atoms with Crippen molar-refractivity contribution in [1.82, 2.24) is 14.8 Å². The summed E-state index contributed by atoms with van der Waals surface area (Å²) in [6.45, 7) is 9.19. The Hall–Kier alpha value is -2.43. The average Bonchev–Trinajstić information content (AvgIpc) is 3.03. The number of allylic oxidation sites excluding steroid dienone is 3. The summed E-state index contributed by atoms with van der Waals surface area (Å²) in [7, 11) is 0.944. The number of nitrogens with zero attached hydrogens (tertiary/aromatic N) is 4. The van der Waals surface area contributed by atoms with Gasteiger partial charge in [-0.2, -0.15) is 0 Å². The van der Waals surface area contributed by atoms with Gasteiger partial charge in [-0.15, -0.1) is 10.2 Å². The first-order valence-corrected chi connectivity index (χ1v) is 8.55. The molecular weight excluding hydrogens is 295 g/mol. The van der Waals surface area contributed by atoms with Crippen molar-refractivity contribution in [3.8, 4) is 0 Å². The molecule has 0 radical (unpaired) electrons.